The van der Waals surface area contributed by atoms with Crippen molar-refractivity contribution in [3.8, 4) is 11.8 Å². The Kier molecular flexibility index (Phi) is 2.29. The van der Waals surface area contributed by atoms with Crippen molar-refractivity contribution < 1.29 is 5.11 Å². The fraction of sp³-hybridized carbons (Fsp3) is 0.182. The van der Waals surface area contributed by atoms with E-state index in [1.165, 1.54) is 0 Å². The fourth-order valence-corrected chi connectivity index (χ4v) is 1.92. The van der Waals surface area contributed by atoms with E-state index in [4.69, 9.17) is 16.9 Å². The largest absolute Gasteiger partial charge is 0.508 e. The van der Waals surface area contributed by atoms with Gasteiger partial charge in [-0.2, -0.15) is 5.26 Å². The van der Waals surface area contributed by atoms with Gasteiger partial charge < -0.3 is 10.0 Å². The molecular weight excluding hydrogens is 212 g/mol. The zero-order chi connectivity index (χ0) is 11.0. The van der Waals surface area contributed by atoms with Crippen LogP contribution in [0.15, 0.2) is 23.8 Å². The first kappa shape index (κ1) is 9.88. The predicted molar refractivity (Wildman–Crippen MR) is 59.8 cm³/mol. The summed E-state index contributed by atoms with van der Waals surface area (Å²) in [6, 6.07) is 7.01. The number of aromatic hydroxyl groups is 1. The summed E-state index contributed by atoms with van der Waals surface area (Å²) in [5, 5.41) is 18.7. The number of halogens is 1. The zero-order valence-corrected chi connectivity index (χ0v) is 8.91. The monoisotopic (exact) mass is 220 g/mol. The van der Waals surface area contributed by atoms with E-state index in [1.54, 1.807) is 18.2 Å². The van der Waals surface area contributed by atoms with Crippen LogP contribution in [-0.4, -0.2) is 18.7 Å². The number of phenols is 1. The normalized spacial score (nSPS) is 14.9. The molecule has 0 fully saturated rings. The van der Waals surface area contributed by atoms with E-state index in [9.17, 15) is 5.11 Å². The van der Waals surface area contributed by atoms with Crippen LogP contribution < -0.4 is 4.90 Å². The molecule has 0 saturated carbocycles. The molecule has 15 heavy (non-hydrogen) atoms. The highest BCUT2D eigenvalue weighted by Gasteiger charge is 2.21. The molecule has 0 saturated heterocycles. The third-order valence-corrected chi connectivity index (χ3v) is 2.86. The van der Waals surface area contributed by atoms with Crippen LogP contribution in [0.3, 0.4) is 0 Å². The van der Waals surface area contributed by atoms with Gasteiger partial charge in [-0.05, 0) is 12.1 Å². The van der Waals surface area contributed by atoms with Crippen LogP contribution >= 0.6 is 11.6 Å². The number of fused-ring (bicyclic) bond motifs is 1. The summed E-state index contributed by atoms with van der Waals surface area (Å²) in [6.07, 6.45) is 0. The smallest absolute Gasteiger partial charge is 0.117 e. The van der Waals surface area contributed by atoms with Crippen molar-refractivity contribution in [1.29, 1.82) is 5.26 Å². The Morgan fingerprint density at radius 3 is 2.93 bits per heavy atom. The van der Waals surface area contributed by atoms with Crippen LogP contribution in [0.2, 0.25) is 0 Å². The molecule has 0 unspecified atom stereocenters. The molecule has 1 aliphatic heterocycles. The second-order valence-electron chi connectivity index (χ2n) is 3.46. The molecule has 0 aromatic heterocycles. The second-order valence-corrected chi connectivity index (χ2v) is 3.84. The quantitative estimate of drug-likeness (QED) is 0.730. The molecule has 1 heterocycles. The lowest BCUT2D eigenvalue weighted by Gasteiger charge is -2.27. The Hall–Kier alpha value is -1.66. The van der Waals surface area contributed by atoms with E-state index in [0.29, 0.717) is 17.2 Å². The highest BCUT2D eigenvalue weighted by Crippen LogP contribution is 2.37. The van der Waals surface area contributed by atoms with Crippen LogP contribution in [0.4, 0.5) is 5.69 Å². The lowest BCUT2D eigenvalue weighted by atomic mass is 10.0. The van der Waals surface area contributed by atoms with Crippen molar-refractivity contribution in [2.45, 2.75) is 0 Å². The van der Waals surface area contributed by atoms with Gasteiger partial charge in [0.1, 0.15) is 5.75 Å². The maximum Gasteiger partial charge on any atom is 0.117 e. The number of anilines is 1. The van der Waals surface area contributed by atoms with Crippen molar-refractivity contribution in [2.75, 3.05) is 18.5 Å². The number of nitrogens with zero attached hydrogens (tertiary/aromatic N) is 2. The molecule has 1 aromatic rings. The average molecular weight is 221 g/mol. The van der Waals surface area contributed by atoms with Gasteiger partial charge in [0.15, 0.2) is 0 Å². The minimum atomic E-state index is 0.200. The molecule has 0 radical (unpaired) electrons. The van der Waals surface area contributed by atoms with Gasteiger partial charge in [-0.3, -0.25) is 0 Å². The first-order valence-electron chi connectivity index (χ1n) is 4.46. The molecule has 0 spiro atoms. The molecule has 4 heteroatoms. The number of hydrogen-bond donors (Lipinski definition) is 1. The van der Waals surface area contributed by atoms with Gasteiger partial charge in [-0.25, -0.2) is 0 Å². The molecule has 0 atom stereocenters. The van der Waals surface area contributed by atoms with Crippen LogP contribution in [0.1, 0.15) is 5.56 Å². The Balaban J connectivity index is 2.65. The number of rotatable bonds is 0. The molecule has 1 N–H and O–H groups in total. The fourth-order valence-electron chi connectivity index (χ4n) is 1.66. The third-order valence-electron chi connectivity index (χ3n) is 2.42. The van der Waals surface area contributed by atoms with Crippen LogP contribution in [0.5, 0.6) is 5.75 Å². The van der Waals surface area contributed by atoms with E-state index in [1.807, 2.05) is 11.9 Å². The Bertz CT molecular complexity index is 488. The van der Waals surface area contributed by atoms with E-state index in [0.717, 1.165) is 11.3 Å². The van der Waals surface area contributed by atoms with Gasteiger partial charge in [-0.1, -0.05) is 11.6 Å². The summed E-state index contributed by atoms with van der Waals surface area (Å²) in [5.41, 5.74) is 2.19. The predicted octanol–water partition coefficient (Wildman–Crippen LogP) is 2.32. The summed E-state index contributed by atoms with van der Waals surface area (Å²) in [6.45, 7) is 0.478. The standard InChI is InChI=1S/C11H9ClN2O/c1-14-6-7(5-13)11(12)9-3-2-8(15)4-10(9)14/h2-4,15H,6H2,1H3. The van der Waals surface area contributed by atoms with E-state index < -0.39 is 0 Å². The number of nitriles is 1. The van der Waals surface area contributed by atoms with Crippen LogP contribution in [0.25, 0.3) is 5.03 Å². The highest BCUT2D eigenvalue weighted by atomic mass is 35.5. The van der Waals surface area contributed by atoms with Gasteiger partial charge >= 0.3 is 0 Å². The van der Waals surface area contributed by atoms with Gasteiger partial charge in [0.25, 0.3) is 0 Å². The first-order chi connectivity index (χ1) is 7.13. The molecule has 0 bridgehead atoms. The van der Waals surface area contributed by atoms with Gasteiger partial charge in [0, 0.05) is 24.4 Å². The van der Waals surface area contributed by atoms with Crippen LogP contribution in [0, 0.1) is 11.3 Å². The van der Waals surface area contributed by atoms with Crippen molar-refractivity contribution >= 4 is 22.3 Å². The van der Waals surface area contributed by atoms with Crippen molar-refractivity contribution in [2.24, 2.45) is 0 Å². The maximum atomic E-state index is 9.36. The minimum absolute atomic E-state index is 0.200. The molecule has 0 amide bonds. The zero-order valence-electron chi connectivity index (χ0n) is 8.16. The molecule has 1 aromatic carbocycles. The third kappa shape index (κ3) is 1.53. The first-order valence-corrected chi connectivity index (χ1v) is 4.84. The van der Waals surface area contributed by atoms with Crippen LogP contribution in [-0.2, 0) is 0 Å². The Morgan fingerprint density at radius 1 is 1.53 bits per heavy atom. The summed E-state index contributed by atoms with van der Waals surface area (Å²) >= 11 is 6.08. The van der Waals surface area contributed by atoms with Crippen molar-refractivity contribution in [1.82, 2.24) is 0 Å². The molecule has 0 aliphatic carbocycles. The lowest BCUT2D eigenvalue weighted by molar-refractivity contribution is 0.475. The minimum Gasteiger partial charge on any atom is -0.508 e. The molecule has 3 nitrogen and oxygen atoms in total. The maximum absolute atomic E-state index is 9.36. The molecular formula is C11H9ClN2O. The Labute approximate surface area is 92.8 Å². The van der Waals surface area contributed by atoms with Crippen molar-refractivity contribution in [3.63, 3.8) is 0 Å². The van der Waals surface area contributed by atoms with E-state index in [-0.39, 0.29) is 5.75 Å². The number of benzene rings is 1. The summed E-state index contributed by atoms with van der Waals surface area (Å²) in [7, 11) is 1.86. The lowest BCUT2D eigenvalue weighted by Crippen LogP contribution is -2.24. The molecule has 1 aliphatic rings. The van der Waals surface area contributed by atoms with E-state index in [2.05, 4.69) is 6.07 Å². The average Bonchev–Trinajstić information content (AvgIpc) is 2.23. The van der Waals surface area contributed by atoms with Gasteiger partial charge in [-0.15, -0.1) is 0 Å². The number of likely N-dealkylation sites (N-methyl/N-ethyl adjacent to an activating group) is 1. The summed E-state index contributed by atoms with van der Waals surface area (Å²) in [5.74, 6) is 0.200. The number of hydrogen-bond acceptors (Lipinski definition) is 3. The van der Waals surface area contributed by atoms with Gasteiger partial charge in [0.05, 0.1) is 23.2 Å². The number of phenolic OH excluding ortho intramolecular Hbond substituents is 1. The van der Waals surface area contributed by atoms with Crippen molar-refractivity contribution in [3.05, 3.63) is 29.3 Å². The highest BCUT2D eigenvalue weighted by molar-refractivity contribution is 6.50. The molecule has 2 rings (SSSR count). The molecule has 76 valence electrons. The second kappa shape index (κ2) is 3.48. The Morgan fingerprint density at radius 2 is 2.27 bits per heavy atom. The topological polar surface area (TPSA) is 47.3 Å². The van der Waals surface area contributed by atoms with Gasteiger partial charge in [0.2, 0.25) is 0 Å². The SMILES string of the molecule is CN1CC(C#N)=C(Cl)c2ccc(O)cc21. The van der Waals surface area contributed by atoms with E-state index >= 15 is 0 Å². The summed E-state index contributed by atoms with van der Waals surface area (Å²) < 4.78 is 0. The summed E-state index contributed by atoms with van der Waals surface area (Å²) in [4.78, 5) is 1.89.